The molecule has 19 heavy (non-hydrogen) atoms. The highest BCUT2D eigenvalue weighted by atomic mass is 79.9. The molecule has 1 unspecified atom stereocenters. The highest BCUT2D eigenvalue weighted by Gasteiger charge is 2.27. The average molecular weight is 319 g/mol. The number of pyridine rings is 1. The fourth-order valence-corrected chi connectivity index (χ4v) is 3.08. The molecule has 1 amide bonds. The van der Waals surface area contributed by atoms with Gasteiger partial charge in [0.25, 0.3) is 0 Å². The number of aromatic nitrogens is 1. The van der Waals surface area contributed by atoms with Crippen LogP contribution in [0, 0.1) is 0 Å². The minimum absolute atomic E-state index is 0.239. The molecule has 0 N–H and O–H groups in total. The Balaban J connectivity index is 1.70. The standard InChI is InChI=1S/C15H15BrN2O/c16-13-8-15(19)18(10-13)6-5-14-7-11-3-1-2-4-12(11)9-17-14/h1-4,7,9,13H,5-6,8,10H2. The van der Waals surface area contributed by atoms with Gasteiger partial charge < -0.3 is 4.90 Å². The predicted octanol–water partition coefficient (Wildman–Crippen LogP) is 2.77. The summed E-state index contributed by atoms with van der Waals surface area (Å²) in [5.41, 5.74) is 1.05. The first-order valence-corrected chi connectivity index (χ1v) is 7.39. The number of alkyl halides is 1. The summed E-state index contributed by atoms with van der Waals surface area (Å²) in [6, 6.07) is 10.3. The van der Waals surface area contributed by atoms with E-state index in [0.717, 1.165) is 30.6 Å². The number of likely N-dealkylation sites (tertiary alicyclic amines) is 1. The molecule has 1 saturated heterocycles. The van der Waals surface area contributed by atoms with Crippen LogP contribution in [0.5, 0.6) is 0 Å². The first kappa shape index (κ1) is 12.6. The van der Waals surface area contributed by atoms with E-state index in [1.807, 2.05) is 23.2 Å². The van der Waals surface area contributed by atoms with Gasteiger partial charge in [-0.3, -0.25) is 9.78 Å². The number of halogens is 1. The van der Waals surface area contributed by atoms with Gasteiger partial charge in [-0.05, 0) is 11.5 Å². The fraction of sp³-hybridized carbons (Fsp3) is 0.333. The van der Waals surface area contributed by atoms with E-state index in [9.17, 15) is 4.79 Å². The van der Waals surface area contributed by atoms with Crippen LogP contribution in [0.25, 0.3) is 10.8 Å². The predicted molar refractivity (Wildman–Crippen MR) is 79.4 cm³/mol. The lowest BCUT2D eigenvalue weighted by atomic mass is 10.1. The van der Waals surface area contributed by atoms with E-state index in [1.165, 1.54) is 5.39 Å². The molecular weight excluding hydrogens is 304 g/mol. The molecule has 4 heteroatoms. The summed E-state index contributed by atoms with van der Waals surface area (Å²) in [6.07, 6.45) is 3.34. The van der Waals surface area contributed by atoms with Crippen molar-refractivity contribution in [3.05, 3.63) is 42.2 Å². The van der Waals surface area contributed by atoms with E-state index in [4.69, 9.17) is 0 Å². The molecule has 0 bridgehead atoms. The maximum absolute atomic E-state index is 11.7. The molecule has 0 aliphatic carbocycles. The Morgan fingerprint density at radius 2 is 2.11 bits per heavy atom. The van der Waals surface area contributed by atoms with E-state index in [-0.39, 0.29) is 5.91 Å². The monoisotopic (exact) mass is 318 g/mol. The lowest BCUT2D eigenvalue weighted by Gasteiger charge is -2.15. The molecule has 1 atom stereocenters. The van der Waals surface area contributed by atoms with Gasteiger partial charge in [-0.2, -0.15) is 0 Å². The number of hydrogen-bond donors (Lipinski definition) is 0. The van der Waals surface area contributed by atoms with Crippen LogP contribution in [0.4, 0.5) is 0 Å². The average Bonchev–Trinajstić information content (AvgIpc) is 2.74. The normalized spacial score (nSPS) is 19.3. The van der Waals surface area contributed by atoms with E-state index in [2.05, 4.69) is 39.1 Å². The van der Waals surface area contributed by atoms with Crippen molar-refractivity contribution in [3.8, 4) is 0 Å². The molecule has 3 rings (SSSR count). The van der Waals surface area contributed by atoms with Crippen molar-refractivity contribution in [1.29, 1.82) is 0 Å². The Bertz CT molecular complexity index is 614. The van der Waals surface area contributed by atoms with Crippen LogP contribution in [-0.4, -0.2) is 33.7 Å². The fourth-order valence-electron chi connectivity index (χ4n) is 2.46. The van der Waals surface area contributed by atoms with Gasteiger partial charge in [0.1, 0.15) is 0 Å². The minimum atomic E-state index is 0.239. The molecule has 3 nitrogen and oxygen atoms in total. The molecule has 0 radical (unpaired) electrons. The van der Waals surface area contributed by atoms with Crippen molar-refractivity contribution in [2.45, 2.75) is 17.7 Å². The lowest BCUT2D eigenvalue weighted by molar-refractivity contribution is -0.127. The summed E-state index contributed by atoms with van der Waals surface area (Å²) in [4.78, 5) is 18.4. The van der Waals surface area contributed by atoms with Crippen LogP contribution in [-0.2, 0) is 11.2 Å². The Labute approximate surface area is 120 Å². The quantitative estimate of drug-likeness (QED) is 0.815. The Morgan fingerprint density at radius 3 is 2.84 bits per heavy atom. The van der Waals surface area contributed by atoms with Crippen LogP contribution in [0.2, 0.25) is 0 Å². The van der Waals surface area contributed by atoms with E-state index < -0.39 is 0 Å². The van der Waals surface area contributed by atoms with Gasteiger partial charge in [0.05, 0.1) is 0 Å². The molecule has 1 aliphatic rings. The molecule has 98 valence electrons. The van der Waals surface area contributed by atoms with Crippen LogP contribution >= 0.6 is 15.9 Å². The molecule has 1 fully saturated rings. The summed E-state index contributed by atoms with van der Waals surface area (Å²) in [7, 11) is 0. The summed E-state index contributed by atoms with van der Waals surface area (Å²) < 4.78 is 0. The third-order valence-corrected chi connectivity index (χ3v) is 4.11. The third kappa shape index (κ3) is 2.78. The Hall–Kier alpha value is -1.42. The maximum Gasteiger partial charge on any atom is 0.223 e. The SMILES string of the molecule is O=C1CC(Br)CN1CCc1cc2ccccc2cn1. The van der Waals surface area contributed by atoms with Crippen LogP contribution in [0.15, 0.2) is 36.5 Å². The second kappa shape index (κ2) is 5.29. The van der Waals surface area contributed by atoms with Crippen molar-refractivity contribution < 1.29 is 4.79 Å². The zero-order valence-electron chi connectivity index (χ0n) is 10.6. The van der Waals surface area contributed by atoms with Gasteiger partial charge >= 0.3 is 0 Å². The number of fused-ring (bicyclic) bond motifs is 1. The second-order valence-electron chi connectivity index (χ2n) is 4.91. The number of carbonyl (C=O) groups excluding carboxylic acids is 1. The van der Waals surface area contributed by atoms with Crippen molar-refractivity contribution in [3.63, 3.8) is 0 Å². The zero-order chi connectivity index (χ0) is 13.2. The molecule has 1 aromatic heterocycles. The highest BCUT2D eigenvalue weighted by molar-refractivity contribution is 9.09. The van der Waals surface area contributed by atoms with Crippen LogP contribution in [0.1, 0.15) is 12.1 Å². The van der Waals surface area contributed by atoms with Crippen LogP contribution in [0.3, 0.4) is 0 Å². The molecule has 1 aliphatic heterocycles. The number of amides is 1. The summed E-state index contributed by atoms with van der Waals surface area (Å²) in [5, 5.41) is 2.36. The van der Waals surface area contributed by atoms with Gasteiger partial charge in [0.15, 0.2) is 0 Å². The number of carbonyl (C=O) groups is 1. The minimum Gasteiger partial charge on any atom is -0.341 e. The summed E-state index contributed by atoms with van der Waals surface area (Å²) in [6.45, 7) is 1.57. The molecule has 2 aromatic rings. The van der Waals surface area contributed by atoms with Gasteiger partial charge in [-0.25, -0.2) is 0 Å². The van der Waals surface area contributed by atoms with Gasteiger partial charge in [0, 0.05) is 48.0 Å². The largest absolute Gasteiger partial charge is 0.341 e. The van der Waals surface area contributed by atoms with Gasteiger partial charge in [-0.15, -0.1) is 0 Å². The highest BCUT2D eigenvalue weighted by Crippen LogP contribution is 2.19. The number of rotatable bonds is 3. The Morgan fingerprint density at radius 1 is 1.32 bits per heavy atom. The van der Waals surface area contributed by atoms with Crippen LogP contribution < -0.4 is 0 Å². The summed E-state index contributed by atoms with van der Waals surface area (Å²) >= 11 is 3.50. The number of hydrogen-bond acceptors (Lipinski definition) is 2. The number of benzene rings is 1. The van der Waals surface area contributed by atoms with E-state index >= 15 is 0 Å². The topological polar surface area (TPSA) is 33.2 Å². The van der Waals surface area contributed by atoms with Crippen molar-refractivity contribution in [1.82, 2.24) is 9.88 Å². The van der Waals surface area contributed by atoms with Gasteiger partial charge in [0.2, 0.25) is 5.91 Å². The Kier molecular flexibility index (Phi) is 3.51. The maximum atomic E-state index is 11.7. The molecule has 2 heterocycles. The van der Waals surface area contributed by atoms with Crippen molar-refractivity contribution in [2.75, 3.05) is 13.1 Å². The molecule has 1 aromatic carbocycles. The van der Waals surface area contributed by atoms with E-state index in [0.29, 0.717) is 11.2 Å². The van der Waals surface area contributed by atoms with Gasteiger partial charge in [-0.1, -0.05) is 40.2 Å². The number of nitrogens with zero attached hydrogens (tertiary/aromatic N) is 2. The lowest BCUT2D eigenvalue weighted by Crippen LogP contribution is -2.27. The first-order chi connectivity index (χ1) is 9.22. The molecule has 0 saturated carbocycles. The van der Waals surface area contributed by atoms with E-state index in [1.54, 1.807) is 0 Å². The first-order valence-electron chi connectivity index (χ1n) is 6.48. The zero-order valence-corrected chi connectivity index (χ0v) is 12.1. The molecule has 0 spiro atoms. The summed E-state index contributed by atoms with van der Waals surface area (Å²) in [5.74, 6) is 0.239. The third-order valence-electron chi connectivity index (χ3n) is 3.49. The van der Waals surface area contributed by atoms with Crippen molar-refractivity contribution in [2.24, 2.45) is 0 Å². The smallest absolute Gasteiger partial charge is 0.223 e. The van der Waals surface area contributed by atoms with Crippen molar-refractivity contribution >= 4 is 32.6 Å². The molecular formula is C15H15BrN2O. The second-order valence-corrected chi connectivity index (χ2v) is 6.21.